The number of rotatable bonds is 6. The smallest absolute Gasteiger partial charge is 0.262 e. The second-order valence-corrected chi connectivity index (χ2v) is 8.30. The maximum absolute atomic E-state index is 12.3. The summed E-state index contributed by atoms with van der Waals surface area (Å²) >= 11 is 0. The van der Waals surface area contributed by atoms with Crippen molar-refractivity contribution in [2.75, 3.05) is 11.9 Å². The van der Waals surface area contributed by atoms with Crippen LogP contribution in [-0.2, 0) is 28.3 Å². The van der Waals surface area contributed by atoms with Crippen molar-refractivity contribution in [1.29, 1.82) is 0 Å². The van der Waals surface area contributed by atoms with Gasteiger partial charge in [-0.3, -0.25) is 4.79 Å². The van der Waals surface area contributed by atoms with Crippen LogP contribution < -0.4 is 15.2 Å². The van der Waals surface area contributed by atoms with Crippen molar-refractivity contribution in [3.8, 4) is 5.88 Å². The Kier molecular flexibility index (Phi) is 5.58. The molecule has 0 aliphatic rings. The zero-order chi connectivity index (χ0) is 21.3. The first-order valence-electron chi connectivity index (χ1n) is 8.99. The Morgan fingerprint density at radius 2 is 2.00 bits per heavy atom. The van der Waals surface area contributed by atoms with Gasteiger partial charge in [0.1, 0.15) is 0 Å². The minimum Gasteiger partial charge on any atom is -0.466 e. The molecule has 3 rings (SSSR count). The van der Waals surface area contributed by atoms with Crippen LogP contribution in [0.15, 0.2) is 29.2 Å². The first-order chi connectivity index (χ1) is 13.6. The molecule has 0 saturated heterocycles. The van der Waals surface area contributed by atoms with Gasteiger partial charge in [-0.1, -0.05) is 13.0 Å². The SMILES string of the molecule is CCc1ccc(NC(=O)COc2nn(C)c3nc(C)cc(C)c23)cc1S(N)(=O)=O. The van der Waals surface area contributed by atoms with Gasteiger partial charge in [-0.05, 0) is 49.6 Å². The van der Waals surface area contributed by atoms with Gasteiger partial charge in [-0.25, -0.2) is 23.2 Å². The topological polar surface area (TPSA) is 129 Å². The van der Waals surface area contributed by atoms with Crippen LogP contribution in [0, 0.1) is 13.8 Å². The summed E-state index contributed by atoms with van der Waals surface area (Å²) in [6.07, 6.45) is 0.503. The van der Waals surface area contributed by atoms with Gasteiger partial charge in [-0.2, -0.15) is 0 Å². The average Bonchev–Trinajstić information content (AvgIpc) is 2.95. The molecule has 0 aliphatic carbocycles. The summed E-state index contributed by atoms with van der Waals surface area (Å²) in [4.78, 5) is 16.8. The number of hydrogen-bond acceptors (Lipinski definition) is 6. The quantitative estimate of drug-likeness (QED) is 0.629. The largest absolute Gasteiger partial charge is 0.466 e. The zero-order valence-corrected chi connectivity index (χ0v) is 17.5. The Balaban J connectivity index is 1.77. The van der Waals surface area contributed by atoms with E-state index in [4.69, 9.17) is 9.88 Å². The lowest BCUT2D eigenvalue weighted by Crippen LogP contribution is -2.21. The number of pyridine rings is 1. The van der Waals surface area contributed by atoms with E-state index in [2.05, 4.69) is 15.4 Å². The van der Waals surface area contributed by atoms with Crippen molar-refractivity contribution < 1.29 is 17.9 Å². The van der Waals surface area contributed by atoms with Gasteiger partial charge in [0.15, 0.2) is 12.3 Å². The third kappa shape index (κ3) is 4.38. The Morgan fingerprint density at radius 3 is 2.66 bits per heavy atom. The summed E-state index contributed by atoms with van der Waals surface area (Å²) < 4.78 is 30.7. The van der Waals surface area contributed by atoms with Crippen LogP contribution in [0.4, 0.5) is 5.69 Å². The Morgan fingerprint density at radius 1 is 1.28 bits per heavy atom. The van der Waals surface area contributed by atoms with Crippen LogP contribution >= 0.6 is 0 Å². The second kappa shape index (κ2) is 7.80. The second-order valence-electron chi connectivity index (χ2n) is 6.77. The molecule has 3 N–H and O–H groups in total. The van der Waals surface area contributed by atoms with E-state index in [0.717, 1.165) is 16.6 Å². The van der Waals surface area contributed by atoms with Crippen LogP contribution in [-0.4, -0.2) is 35.7 Å². The molecule has 2 aromatic heterocycles. The molecular formula is C19H23N5O4S. The number of nitrogens with two attached hydrogens (primary N) is 1. The number of anilines is 1. The van der Waals surface area contributed by atoms with Gasteiger partial charge < -0.3 is 10.1 Å². The summed E-state index contributed by atoms with van der Waals surface area (Å²) in [5.74, 6) is -0.139. The number of ether oxygens (including phenoxy) is 1. The molecule has 10 heteroatoms. The average molecular weight is 417 g/mol. The number of fused-ring (bicyclic) bond motifs is 1. The van der Waals surface area contributed by atoms with Crippen LogP contribution in [0.2, 0.25) is 0 Å². The molecule has 9 nitrogen and oxygen atoms in total. The highest BCUT2D eigenvalue weighted by Crippen LogP contribution is 2.27. The Labute approximate surface area is 168 Å². The molecule has 3 aromatic rings. The molecule has 1 aromatic carbocycles. The minimum atomic E-state index is -3.89. The summed E-state index contributed by atoms with van der Waals surface area (Å²) in [5, 5.41) is 12.9. The first-order valence-corrected chi connectivity index (χ1v) is 10.5. The van der Waals surface area contributed by atoms with Gasteiger partial charge in [-0.15, -0.1) is 5.10 Å². The molecule has 0 fully saturated rings. The number of hydrogen-bond donors (Lipinski definition) is 2. The van der Waals surface area contributed by atoms with E-state index in [1.807, 2.05) is 26.8 Å². The van der Waals surface area contributed by atoms with Gasteiger partial charge in [0, 0.05) is 18.4 Å². The monoisotopic (exact) mass is 417 g/mol. The molecule has 0 radical (unpaired) electrons. The minimum absolute atomic E-state index is 0.00786. The highest BCUT2D eigenvalue weighted by Gasteiger charge is 2.17. The fourth-order valence-corrected chi connectivity index (χ4v) is 4.04. The highest BCUT2D eigenvalue weighted by atomic mass is 32.2. The van der Waals surface area contributed by atoms with Crippen molar-refractivity contribution >= 4 is 32.7 Å². The number of aromatic nitrogens is 3. The lowest BCUT2D eigenvalue weighted by molar-refractivity contribution is -0.118. The molecule has 29 heavy (non-hydrogen) atoms. The van der Waals surface area contributed by atoms with E-state index in [0.29, 0.717) is 29.2 Å². The molecule has 0 atom stereocenters. The molecule has 154 valence electrons. The number of primary sulfonamides is 1. The molecule has 0 aliphatic heterocycles. The fraction of sp³-hybridized carbons (Fsp3) is 0.316. The van der Waals surface area contributed by atoms with Crippen molar-refractivity contribution in [3.63, 3.8) is 0 Å². The molecular weight excluding hydrogens is 394 g/mol. The summed E-state index contributed by atoms with van der Waals surface area (Å²) in [5.41, 5.74) is 3.39. The first kappa shape index (κ1) is 20.7. The normalized spacial score (nSPS) is 11.6. The van der Waals surface area contributed by atoms with Crippen LogP contribution in [0.5, 0.6) is 5.88 Å². The number of carbonyl (C=O) groups is 1. The Bertz CT molecular complexity index is 1200. The molecule has 1 amide bonds. The number of aryl methyl sites for hydroxylation is 4. The summed E-state index contributed by atoms with van der Waals surface area (Å²) in [6.45, 7) is 5.36. The van der Waals surface area contributed by atoms with Crippen molar-refractivity contribution in [2.24, 2.45) is 12.2 Å². The maximum Gasteiger partial charge on any atom is 0.262 e. The van der Waals surface area contributed by atoms with Gasteiger partial charge in [0.2, 0.25) is 15.9 Å². The third-order valence-corrected chi connectivity index (χ3v) is 5.46. The van der Waals surface area contributed by atoms with Gasteiger partial charge in [0.25, 0.3) is 5.91 Å². The molecule has 0 bridgehead atoms. The van der Waals surface area contributed by atoms with E-state index >= 15 is 0 Å². The summed E-state index contributed by atoms with van der Waals surface area (Å²) in [7, 11) is -2.14. The van der Waals surface area contributed by atoms with Gasteiger partial charge in [0.05, 0.1) is 10.3 Å². The lowest BCUT2D eigenvalue weighted by atomic mass is 10.1. The number of sulfonamides is 1. The van der Waals surface area contributed by atoms with E-state index in [1.54, 1.807) is 23.9 Å². The maximum atomic E-state index is 12.3. The number of nitrogens with one attached hydrogen (secondary N) is 1. The van der Waals surface area contributed by atoms with Crippen LogP contribution in [0.25, 0.3) is 11.0 Å². The van der Waals surface area contributed by atoms with E-state index in [-0.39, 0.29) is 11.5 Å². The van der Waals surface area contributed by atoms with E-state index in [9.17, 15) is 13.2 Å². The molecule has 0 saturated carbocycles. The van der Waals surface area contributed by atoms with E-state index in [1.165, 1.54) is 6.07 Å². The standard InChI is InChI=1S/C19H23N5O4S/c1-5-13-6-7-14(9-15(13)29(20,26)27)22-16(25)10-28-19-17-11(2)8-12(3)21-18(17)24(4)23-19/h6-9H,5,10H2,1-4H3,(H,22,25)(H2,20,26,27). The van der Waals surface area contributed by atoms with E-state index < -0.39 is 15.9 Å². The zero-order valence-electron chi connectivity index (χ0n) is 16.7. The molecule has 0 unspecified atom stereocenters. The van der Waals surface area contributed by atoms with Gasteiger partial charge >= 0.3 is 0 Å². The number of benzene rings is 1. The van der Waals surface area contributed by atoms with Crippen molar-refractivity contribution in [2.45, 2.75) is 32.1 Å². The third-order valence-electron chi connectivity index (χ3n) is 4.47. The number of amides is 1. The summed E-state index contributed by atoms with van der Waals surface area (Å²) in [6, 6.07) is 6.51. The Hall–Kier alpha value is -2.98. The lowest BCUT2D eigenvalue weighted by Gasteiger charge is -2.10. The predicted molar refractivity (Wildman–Crippen MR) is 109 cm³/mol. The highest BCUT2D eigenvalue weighted by molar-refractivity contribution is 7.89. The number of nitrogens with zero attached hydrogens (tertiary/aromatic N) is 3. The molecule has 2 heterocycles. The molecule has 0 spiro atoms. The van der Waals surface area contributed by atoms with Crippen LogP contribution in [0.1, 0.15) is 23.7 Å². The van der Waals surface area contributed by atoms with Crippen molar-refractivity contribution in [1.82, 2.24) is 14.8 Å². The predicted octanol–water partition coefficient (Wildman–Crippen LogP) is 1.81. The number of carbonyl (C=O) groups excluding carboxylic acids is 1. The van der Waals surface area contributed by atoms with Crippen molar-refractivity contribution in [3.05, 3.63) is 41.1 Å². The fourth-order valence-electron chi connectivity index (χ4n) is 3.17. The van der Waals surface area contributed by atoms with Crippen LogP contribution in [0.3, 0.4) is 0 Å².